The SMILES string of the molecule is COc1cccc(-c2noc(C3=C(C)N(c4cccc(C)c4)C(=S)NC3c3ccc(F)cc3)n2)c1. The van der Waals surface area contributed by atoms with Gasteiger partial charge < -0.3 is 14.6 Å². The van der Waals surface area contributed by atoms with E-state index in [1.165, 1.54) is 12.1 Å². The van der Waals surface area contributed by atoms with Crippen LogP contribution in [0.4, 0.5) is 10.1 Å². The van der Waals surface area contributed by atoms with Crippen molar-refractivity contribution < 1.29 is 13.7 Å². The second-order valence-corrected chi connectivity index (χ2v) is 8.65. The first-order chi connectivity index (χ1) is 16.9. The summed E-state index contributed by atoms with van der Waals surface area (Å²) in [5.74, 6) is 1.17. The number of aryl methyl sites for hydroxylation is 1. The summed E-state index contributed by atoms with van der Waals surface area (Å²) >= 11 is 5.77. The van der Waals surface area contributed by atoms with Gasteiger partial charge in [-0.05, 0) is 73.6 Å². The van der Waals surface area contributed by atoms with E-state index in [0.29, 0.717) is 22.6 Å². The Morgan fingerprint density at radius 2 is 1.80 bits per heavy atom. The molecule has 0 aliphatic carbocycles. The summed E-state index contributed by atoms with van der Waals surface area (Å²) in [6.45, 7) is 4.00. The van der Waals surface area contributed by atoms with Crippen molar-refractivity contribution in [1.82, 2.24) is 15.5 Å². The predicted molar refractivity (Wildman–Crippen MR) is 137 cm³/mol. The van der Waals surface area contributed by atoms with Crippen molar-refractivity contribution in [2.75, 3.05) is 12.0 Å². The Kier molecular flexibility index (Phi) is 6.05. The first kappa shape index (κ1) is 22.7. The van der Waals surface area contributed by atoms with Gasteiger partial charge >= 0.3 is 0 Å². The maximum Gasteiger partial charge on any atom is 0.258 e. The highest BCUT2D eigenvalue weighted by molar-refractivity contribution is 7.80. The minimum absolute atomic E-state index is 0.311. The number of rotatable bonds is 5. The molecule has 0 spiro atoms. The normalized spacial score (nSPS) is 15.8. The average Bonchev–Trinajstić information content (AvgIpc) is 3.34. The number of aromatic nitrogens is 2. The Bertz CT molecular complexity index is 1430. The molecule has 1 aliphatic heterocycles. The van der Waals surface area contributed by atoms with Crippen LogP contribution in [0, 0.1) is 12.7 Å². The van der Waals surface area contributed by atoms with Gasteiger partial charge in [0.05, 0.1) is 18.7 Å². The molecule has 1 aliphatic rings. The van der Waals surface area contributed by atoms with Crippen molar-refractivity contribution >= 4 is 28.6 Å². The van der Waals surface area contributed by atoms with Crippen LogP contribution < -0.4 is 15.0 Å². The third-order valence-electron chi connectivity index (χ3n) is 5.93. The molecule has 5 rings (SSSR count). The number of methoxy groups -OCH3 is 1. The van der Waals surface area contributed by atoms with Crippen molar-refractivity contribution in [3.63, 3.8) is 0 Å². The molecule has 0 radical (unpaired) electrons. The lowest BCUT2D eigenvalue weighted by molar-refractivity contribution is 0.403. The predicted octanol–water partition coefficient (Wildman–Crippen LogP) is 6.06. The zero-order valence-electron chi connectivity index (χ0n) is 19.4. The summed E-state index contributed by atoms with van der Waals surface area (Å²) < 4.78 is 24.8. The highest BCUT2D eigenvalue weighted by Gasteiger charge is 2.34. The zero-order chi connectivity index (χ0) is 24.5. The molecule has 0 saturated heterocycles. The number of benzene rings is 3. The fraction of sp³-hybridized carbons (Fsp3) is 0.148. The number of thiocarbonyl (C=S) groups is 1. The summed E-state index contributed by atoms with van der Waals surface area (Å²) in [6, 6.07) is 21.4. The van der Waals surface area contributed by atoms with E-state index in [1.807, 2.05) is 61.2 Å². The summed E-state index contributed by atoms with van der Waals surface area (Å²) in [5.41, 5.74) is 5.22. The van der Waals surface area contributed by atoms with Gasteiger partial charge in [-0.25, -0.2) is 4.39 Å². The molecule has 1 unspecified atom stereocenters. The van der Waals surface area contributed by atoms with Crippen LogP contribution in [0.25, 0.3) is 17.0 Å². The number of nitrogens with one attached hydrogen (secondary N) is 1. The first-order valence-electron chi connectivity index (χ1n) is 11.1. The summed E-state index contributed by atoms with van der Waals surface area (Å²) in [7, 11) is 1.61. The van der Waals surface area contributed by atoms with Gasteiger partial charge in [0.25, 0.3) is 5.89 Å². The Morgan fingerprint density at radius 3 is 2.54 bits per heavy atom. The van der Waals surface area contributed by atoms with Gasteiger partial charge in [-0.15, -0.1) is 0 Å². The molecule has 176 valence electrons. The lowest BCUT2D eigenvalue weighted by Crippen LogP contribution is -2.46. The zero-order valence-corrected chi connectivity index (χ0v) is 20.3. The van der Waals surface area contributed by atoms with Crippen molar-refractivity contribution in [2.45, 2.75) is 19.9 Å². The Morgan fingerprint density at radius 1 is 1.03 bits per heavy atom. The average molecular weight is 487 g/mol. The molecule has 8 heteroatoms. The van der Waals surface area contributed by atoms with E-state index < -0.39 is 6.04 Å². The summed E-state index contributed by atoms with van der Waals surface area (Å²) in [5, 5.41) is 8.15. The number of ether oxygens (including phenoxy) is 1. The van der Waals surface area contributed by atoms with Crippen molar-refractivity contribution in [3.8, 4) is 17.1 Å². The topological polar surface area (TPSA) is 63.4 Å². The van der Waals surface area contributed by atoms with Crippen LogP contribution in [0.15, 0.2) is 83.0 Å². The van der Waals surface area contributed by atoms with Crippen LogP contribution in [-0.2, 0) is 0 Å². The molecule has 4 aromatic rings. The number of hydrogen-bond acceptors (Lipinski definition) is 5. The highest BCUT2D eigenvalue weighted by atomic mass is 32.1. The largest absolute Gasteiger partial charge is 0.497 e. The fourth-order valence-corrected chi connectivity index (χ4v) is 4.58. The molecule has 3 aromatic carbocycles. The van der Waals surface area contributed by atoms with Gasteiger partial charge in [0.2, 0.25) is 5.82 Å². The molecular weight excluding hydrogens is 463 g/mol. The maximum atomic E-state index is 13.7. The molecule has 6 nitrogen and oxygen atoms in total. The second kappa shape index (κ2) is 9.31. The molecule has 2 heterocycles. The molecular formula is C27H23FN4O2S. The molecule has 1 N–H and O–H groups in total. The van der Waals surface area contributed by atoms with Crippen LogP contribution in [0.2, 0.25) is 0 Å². The van der Waals surface area contributed by atoms with E-state index in [-0.39, 0.29) is 5.82 Å². The van der Waals surface area contributed by atoms with Gasteiger partial charge in [0, 0.05) is 16.9 Å². The van der Waals surface area contributed by atoms with E-state index in [9.17, 15) is 4.39 Å². The van der Waals surface area contributed by atoms with Gasteiger partial charge in [0.15, 0.2) is 5.11 Å². The van der Waals surface area contributed by atoms with Crippen LogP contribution >= 0.6 is 12.2 Å². The minimum atomic E-state index is -0.400. The Hall–Kier alpha value is -4.04. The number of anilines is 1. The third-order valence-corrected chi connectivity index (χ3v) is 6.23. The second-order valence-electron chi connectivity index (χ2n) is 8.26. The molecule has 0 fully saturated rings. The monoisotopic (exact) mass is 486 g/mol. The third kappa shape index (κ3) is 4.40. The molecule has 0 saturated carbocycles. The van der Waals surface area contributed by atoms with E-state index in [4.69, 9.17) is 26.5 Å². The maximum absolute atomic E-state index is 13.7. The molecule has 0 bridgehead atoms. The van der Waals surface area contributed by atoms with Crippen molar-refractivity contribution in [3.05, 3.63) is 101 Å². The fourth-order valence-electron chi connectivity index (χ4n) is 4.22. The Balaban J connectivity index is 1.65. The molecule has 1 atom stereocenters. The van der Waals surface area contributed by atoms with Crippen LogP contribution in [0.5, 0.6) is 5.75 Å². The van der Waals surface area contributed by atoms with Crippen LogP contribution in [-0.4, -0.2) is 22.4 Å². The number of hydrogen-bond donors (Lipinski definition) is 1. The molecule has 0 amide bonds. The van der Waals surface area contributed by atoms with Crippen LogP contribution in [0.3, 0.4) is 0 Å². The van der Waals surface area contributed by atoms with E-state index in [1.54, 1.807) is 19.2 Å². The van der Waals surface area contributed by atoms with E-state index >= 15 is 0 Å². The van der Waals surface area contributed by atoms with Gasteiger partial charge in [-0.1, -0.05) is 41.6 Å². The number of allylic oxidation sites excluding steroid dienone is 1. The van der Waals surface area contributed by atoms with Gasteiger partial charge in [-0.2, -0.15) is 4.98 Å². The molecule has 35 heavy (non-hydrogen) atoms. The smallest absolute Gasteiger partial charge is 0.258 e. The van der Waals surface area contributed by atoms with Crippen molar-refractivity contribution in [1.29, 1.82) is 0 Å². The Labute approximate surface area is 208 Å². The number of halogens is 1. The van der Waals surface area contributed by atoms with Gasteiger partial charge in [0.1, 0.15) is 11.6 Å². The summed E-state index contributed by atoms with van der Waals surface area (Å²) in [6.07, 6.45) is 0. The quantitative estimate of drug-likeness (QED) is 0.344. The number of nitrogens with zero attached hydrogens (tertiary/aromatic N) is 3. The van der Waals surface area contributed by atoms with E-state index in [2.05, 4.69) is 16.5 Å². The molecule has 1 aromatic heterocycles. The van der Waals surface area contributed by atoms with Crippen LogP contribution in [0.1, 0.15) is 30.0 Å². The van der Waals surface area contributed by atoms with E-state index in [0.717, 1.165) is 33.6 Å². The van der Waals surface area contributed by atoms with Gasteiger partial charge in [-0.3, -0.25) is 4.90 Å². The lowest BCUT2D eigenvalue weighted by atomic mass is 9.94. The standard InChI is InChI=1S/C27H23FN4O2S/c1-16-6-4-8-21(14-16)32-17(2)23(24(29-27(32)35)18-10-12-20(28)13-11-18)26-30-25(31-34-26)19-7-5-9-22(15-19)33-3/h4-15,24H,1-3H3,(H,29,35). The highest BCUT2D eigenvalue weighted by Crippen LogP contribution is 2.39. The minimum Gasteiger partial charge on any atom is -0.497 e. The summed E-state index contributed by atoms with van der Waals surface area (Å²) in [4.78, 5) is 6.67. The van der Waals surface area contributed by atoms with Crippen molar-refractivity contribution in [2.24, 2.45) is 0 Å². The lowest BCUT2D eigenvalue weighted by Gasteiger charge is -2.37. The first-order valence-corrected chi connectivity index (χ1v) is 11.5.